The van der Waals surface area contributed by atoms with Crippen LogP contribution in [0.2, 0.25) is 0 Å². The summed E-state index contributed by atoms with van der Waals surface area (Å²) in [5, 5.41) is 2.74. The molecule has 0 rings (SSSR count). The Morgan fingerprint density at radius 2 is 1.69 bits per heavy atom. The summed E-state index contributed by atoms with van der Waals surface area (Å²) in [6.45, 7) is 7.70. The van der Waals surface area contributed by atoms with E-state index in [-0.39, 0.29) is 36.1 Å². The van der Waals surface area contributed by atoms with Crippen LogP contribution in [-0.4, -0.2) is 24.3 Å². The smallest absolute Gasteiger partial charge is 0.234 e. The van der Waals surface area contributed by atoms with Gasteiger partial charge in [-0.25, -0.2) is 0 Å². The van der Waals surface area contributed by atoms with E-state index in [1.165, 1.54) is 0 Å². The van der Waals surface area contributed by atoms with Gasteiger partial charge in [0.1, 0.15) is 0 Å². The highest BCUT2D eigenvalue weighted by molar-refractivity contribution is 5.90. The molecule has 0 aliphatic rings. The van der Waals surface area contributed by atoms with Gasteiger partial charge in [-0.1, -0.05) is 40.5 Å². The Balaban J connectivity index is 4.74. The highest BCUT2D eigenvalue weighted by atomic mass is 16.2. The molecule has 0 heterocycles. The molecular formula is C12H24N2O2. The molecule has 0 saturated heterocycles. The van der Waals surface area contributed by atoms with Crippen molar-refractivity contribution in [1.82, 2.24) is 5.32 Å². The summed E-state index contributed by atoms with van der Waals surface area (Å²) in [7, 11) is 0. The number of nitrogens with one attached hydrogen (secondary N) is 1. The lowest BCUT2D eigenvalue weighted by Crippen LogP contribution is -2.49. The molecular weight excluding hydrogens is 204 g/mol. The Morgan fingerprint density at radius 3 is 2.00 bits per heavy atom. The molecule has 0 aliphatic heterocycles. The van der Waals surface area contributed by atoms with Crippen molar-refractivity contribution in [3.63, 3.8) is 0 Å². The van der Waals surface area contributed by atoms with E-state index in [9.17, 15) is 9.59 Å². The number of amides is 1. The quantitative estimate of drug-likeness (QED) is 0.685. The molecule has 0 aliphatic carbocycles. The Hall–Kier alpha value is -0.900. The van der Waals surface area contributed by atoms with Crippen LogP contribution >= 0.6 is 0 Å². The SMILES string of the molecule is CCC(CC)C(NC(=O)CN)C(=O)C(C)C. The summed E-state index contributed by atoms with van der Waals surface area (Å²) >= 11 is 0. The number of nitrogens with two attached hydrogens (primary N) is 1. The van der Waals surface area contributed by atoms with Crippen LogP contribution in [0.5, 0.6) is 0 Å². The Morgan fingerprint density at radius 1 is 1.19 bits per heavy atom. The number of hydrogen-bond donors (Lipinski definition) is 2. The van der Waals surface area contributed by atoms with Crippen LogP contribution in [0.15, 0.2) is 0 Å². The van der Waals surface area contributed by atoms with Crippen LogP contribution in [0, 0.1) is 11.8 Å². The molecule has 0 aromatic heterocycles. The lowest BCUT2D eigenvalue weighted by molar-refractivity contribution is -0.130. The standard InChI is InChI=1S/C12H24N2O2/c1-5-9(6-2)11(12(16)8(3)4)14-10(15)7-13/h8-9,11H,5-7,13H2,1-4H3,(H,14,15). The maximum Gasteiger partial charge on any atom is 0.234 e. The average molecular weight is 228 g/mol. The van der Waals surface area contributed by atoms with Crippen LogP contribution in [0.4, 0.5) is 0 Å². The third-order valence-corrected chi connectivity index (χ3v) is 2.90. The molecule has 0 aromatic rings. The number of carbonyl (C=O) groups excluding carboxylic acids is 2. The monoisotopic (exact) mass is 228 g/mol. The number of Topliss-reactive ketones (excluding diaryl/α,β-unsaturated/α-hetero) is 1. The topological polar surface area (TPSA) is 72.2 Å². The normalized spacial score (nSPS) is 12.9. The highest BCUT2D eigenvalue weighted by Crippen LogP contribution is 2.17. The molecule has 0 spiro atoms. The molecule has 3 N–H and O–H groups in total. The predicted octanol–water partition coefficient (Wildman–Crippen LogP) is 1.09. The van der Waals surface area contributed by atoms with Gasteiger partial charge in [0.25, 0.3) is 0 Å². The fourth-order valence-electron chi connectivity index (χ4n) is 1.77. The van der Waals surface area contributed by atoms with Gasteiger partial charge in [-0.05, 0) is 5.92 Å². The number of hydrogen-bond acceptors (Lipinski definition) is 3. The molecule has 1 amide bonds. The summed E-state index contributed by atoms with van der Waals surface area (Å²) in [4.78, 5) is 23.3. The molecule has 1 unspecified atom stereocenters. The summed E-state index contributed by atoms with van der Waals surface area (Å²) in [6.07, 6.45) is 1.76. The summed E-state index contributed by atoms with van der Waals surface area (Å²) in [5.41, 5.74) is 5.26. The van der Waals surface area contributed by atoms with Crippen LogP contribution in [-0.2, 0) is 9.59 Å². The first kappa shape index (κ1) is 15.1. The number of ketones is 1. The number of rotatable bonds is 7. The molecule has 1 atom stereocenters. The maximum absolute atomic E-state index is 12.0. The van der Waals surface area contributed by atoms with E-state index in [1.807, 2.05) is 27.7 Å². The summed E-state index contributed by atoms with van der Waals surface area (Å²) in [6, 6.07) is -0.383. The zero-order valence-corrected chi connectivity index (χ0v) is 10.7. The fraction of sp³-hybridized carbons (Fsp3) is 0.833. The molecule has 4 nitrogen and oxygen atoms in total. The minimum Gasteiger partial charge on any atom is -0.345 e. The molecule has 94 valence electrons. The van der Waals surface area contributed by atoms with Gasteiger partial charge in [-0.3, -0.25) is 9.59 Å². The van der Waals surface area contributed by atoms with Crippen molar-refractivity contribution in [2.75, 3.05) is 6.54 Å². The molecule has 0 aromatic carbocycles. The van der Waals surface area contributed by atoms with Gasteiger partial charge in [0.15, 0.2) is 5.78 Å². The zero-order chi connectivity index (χ0) is 12.7. The van der Waals surface area contributed by atoms with E-state index in [0.29, 0.717) is 0 Å². The third kappa shape index (κ3) is 4.31. The molecule has 0 fully saturated rings. The maximum atomic E-state index is 12.0. The lowest BCUT2D eigenvalue weighted by Gasteiger charge is -2.26. The molecule has 16 heavy (non-hydrogen) atoms. The van der Waals surface area contributed by atoms with Gasteiger partial charge in [0.2, 0.25) is 5.91 Å². The van der Waals surface area contributed by atoms with Gasteiger partial charge in [-0.15, -0.1) is 0 Å². The van der Waals surface area contributed by atoms with E-state index in [0.717, 1.165) is 12.8 Å². The van der Waals surface area contributed by atoms with Crippen LogP contribution in [0.1, 0.15) is 40.5 Å². The van der Waals surface area contributed by atoms with Crippen LogP contribution in [0.3, 0.4) is 0 Å². The summed E-state index contributed by atoms with van der Waals surface area (Å²) < 4.78 is 0. The van der Waals surface area contributed by atoms with Gasteiger partial charge < -0.3 is 11.1 Å². The van der Waals surface area contributed by atoms with Crippen molar-refractivity contribution in [2.45, 2.75) is 46.6 Å². The van der Waals surface area contributed by atoms with Crippen molar-refractivity contribution in [1.29, 1.82) is 0 Å². The molecule has 4 heteroatoms. The third-order valence-electron chi connectivity index (χ3n) is 2.90. The van der Waals surface area contributed by atoms with E-state index in [2.05, 4.69) is 5.32 Å². The van der Waals surface area contributed by atoms with Crippen molar-refractivity contribution in [3.05, 3.63) is 0 Å². The molecule has 0 saturated carbocycles. The second kappa shape index (κ2) is 7.39. The van der Waals surface area contributed by atoms with Crippen LogP contribution in [0.25, 0.3) is 0 Å². The van der Waals surface area contributed by atoms with Crippen molar-refractivity contribution < 1.29 is 9.59 Å². The van der Waals surface area contributed by atoms with E-state index in [4.69, 9.17) is 5.73 Å². The predicted molar refractivity (Wildman–Crippen MR) is 64.9 cm³/mol. The Kier molecular flexibility index (Phi) is 6.97. The molecule has 0 bridgehead atoms. The van der Waals surface area contributed by atoms with Gasteiger partial charge in [0, 0.05) is 5.92 Å². The zero-order valence-electron chi connectivity index (χ0n) is 10.7. The molecule has 0 radical (unpaired) electrons. The van der Waals surface area contributed by atoms with Gasteiger partial charge >= 0.3 is 0 Å². The minimum atomic E-state index is -0.383. The summed E-state index contributed by atoms with van der Waals surface area (Å²) in [5.74, 6) is -0.0320. The van der Waals surface area contributed by atoms with Crippen molar-refractivity contribution in [2.24, 2.45) is 17.6 Å². The Labute approximate surface area is 98.0 Å². The van der Waals surface area contributed by atoms with E-state index in [1.54, 1.807) is 0 Å². The van der Waals surface area contributed by atoms with Crippen LogP contribution < -0.4 is 11.1 Å². The average Bonchev–Trinajstić information content (AvgIpc) is 2.27. The first-order valence-electron chi connectivity index (χ1n) is 6.00. The lowest BCUT2D eigenvalue weighted by atomic mass is 9.87. The van der Waals surface area contributed by atoms with Crippen molar-refractivity contribution >= 4 is 11.7 Å². The first-order chi connectivity index (χ1) is 7.47. The van der Waals surface area contributed by atoms with Gasteiger partial charge in [0.05, 0.1) is 12.6 Å². The fourth-order valence-corrected chi connectivity index (χ4v) is 1.77. The van der Waals surface area contributed by atoms with Gasteiger partial charge in [-0.2, -0.15) is 0 Å². The largest absolute Gasteiger partial charge is 0.345 e. The van der Waals surface area contributed by atoms with E-state index < -0.39 is 0 Å². The van der Waals surface area contributed by atoms with E-state index >= 15 is 0 Å². The first-order valence-corrected chi connectivity index (χ1v) is 6.00. The number of carbonyl (C=O) groups is 2. The van der Waals surface area contributed by atoms with Crippen molar-refractivity contribution in [3.8, 4) is 0 Å². The highest BCUT2D eigenvalue weighted by Gasteiger charge is 2.28. The second-order valence-corrected chi connectivity index (χ2v) is 4.38. The Bertz CT molecular complexity index is 235. The minimum absolute atomic E-state index is 0.0660. The second-order valence-electron chi connectivity index (χ2n) is 4.38.